The molecule has 1 heterocycles. The van der Waals surface area contributed by atoms with Crippen LogP contribution in [0.5, 0.6) is 5.75 Å². The Morgan fingerprint density at radius 3 is 2.54 bits per heavy atom. The highest BCUT2D eigenvalue weighted by Gasteiger charge is 2.39. The Morgan fingerprint density at radius 1 is 1.14 bits per heavy atom. The van der Waals surface area contributed by atoms with Gasteiger partial charge in [0.15, 0.2) is 0 Å². The molecule has 0 fully saturated rings. The van der Waals surface area contributed by atoms with Crippen molar-refractivity contribution in [2.75, 3.05) is 11.0 Å². The largest absolute Gasteiger partial charge is 0.487 e. The lowest BCUT2D eigenvalue weighted by Crippen LogP contribution is -2.44. The number of carbonyl (C=O) groups excluding carboxylic acids is 1. The first-order chi connectivity index (χ1) is 13.3. The summed E-state index contributed by atoms with van der Waals surface area (Å²) in [6.45, 7) is 4.19. The molecule has 2 aromatic carbocycles. The zero-order valence-corrected chi connectivity index (χ0v) is 17.2. The topological polar surface area (TPSA) is 84.5 Å². The van der Waals surface area contributed by atoms with Crippen LogP contribution in [0.15, 0.2) is 48.5 Å². The first-order valence-electron chi connectivity index (χ1n) is 9.42. The van der Waals surface area contributed by atoms with Crippen molar-refractivity contribution in [2.24, 2.45) is 0 Å². The normalized spacial score (nSPS) is 17.9. The van der Waals surface area contributed by atoms with E-state index in [-0.39, 0.29) is 17.6 Å². The van der Waals surface area contributed by atoms with Crippen molar-refractivity contribution in [3.8, 4) is 5.75 Å². The third kappa shape index (κ3) is 4.47. The van der Waals surface area contributed by atoms with Crippen molar-refractivity contribution in [1.82, 2.24) is 5.32 Å². The third-order valence-electron chi connectivity index (χ3n) is 5.22. The summed E-state index contributed by atoms with van der Waals surface area (Å²) in [5.41, 5.74) is 1.40. The number of amides is 1. The van der Waals surface area contributed by atoms with Crippen LogP contribution in [-0.4, -0.2) is 26.2 Å². The molecule has 1 amide bonds. The van der Waals surface area contributed by atoms with Gasteiger partial charge < -0.3 is 10.1 Å². The van der Waals surface area contributed by atoms with E-state index >= 15 is 0 Å². The Hall–Kier alpha value is -2.54. The first-order valence-corrected chi connectivity index (χ1v) is 11.3. The van der Waals surface area contributed by atoms with Gasteiger partial charge in [0.1, 0.15) is 11.4 Å². The van der Waals surface area contributed by atoms with Crippen molar-refractivity contribution in [3.63, 3.8) is 0 Å². The third-order valence-corrected chi connectivity index (χ3v) is 5.83. The molecule has 150 valence electrons. The summed E-state index contributed by atoms with van der Waals surface area (Å²) in [7, 11) is -3.41. The number of para-hydroxylation sites is 1. The molecule has 0 radical (unpaired) electrons. The molecule has 0 aliphatic carbocycles. The van der Waals surface area contributed by atoms with E-state index in [1.165, 1.54) is 6.07 Å². The van der Waals surface area contributed by atoms with E-state index < -0.39 is 10.0 Å². The van der Waals surface area contributed by atoms with Crippen molar-refractivity contribution in [2.45, 2.75) is 44.8 Å². The Morgan fingerprint density at radius 2 is 1.86 bits per heavy atom. The average molecular weight is 403 g/mol. The molecule has 6 nitrogen and oxygen atoms in total. The van der Waals surface area contributed by atoms with Gasteiger partial charge in [0, 0.05) is 23.2 Å². The SMILES string of the molecule is CCC1(CC)CC(NC(=O)c2cccc(NS(C)(=O)=O)c2)c2ccccc2O1. The predicted molar refractivity (Wildman–Crippen MR) is 110 cm³/mol. The number of rotatable bonds is 6. The summed E-state index contributed by atoms with van der Waals surface area (Å²) in [4.78, 5) is 12.9. The molecule has 28 heavy (non-hydrogen) atoms. The van der Waals surface area contributed by atoms with Gasteiger partial charge in [0.25, 0.3) is 5.91 Å². The van der Waals surface area contributed by atoms with E-state index in [9.17, 15) is 13.2 Å². The minimum atomic E-state index is -3.41. The molecule has 0 bridgehead atoms. The Labute approximate surface area is 166 Å². The summed E-state index contributed by atoms with van der Waals surface area (Å²) < 4.78 is 31.6. The van der Waals surface area contributed by atoms with E-state index in [4.69, 9.17) is 4.74 Å². The number of carbonyl (C=O) groups is 1. The summed E-state index contributed by atoms with van der Waals surface area (Å²) in [5, 5.41) is 3.11. The average Bonchev–Trinajstić information content (AvgIpc) is 2.66. The lowest BCUT2D eigenvalue weighted by atomic mass is 9.83. The number of ether oxygens (including phenoxy) is 1. The lowest BCUT2D eigenvalue weighted by Gasteiger charge is -2.41. The van der Waals surface area contributed by atoms with E-state index in [2.05, 4.69) is 23.9 Å². The summed E-state index contributed by atoms with van der Waals surface area (Å²) in [5.74, 6) is 0.551. The van der Waals surface area contributed by atoms with Crippen molar-refractivity contribution in [3.05, 3.63) is 59.7 Å². The van der Waals surface area contributed by atoms with E-state index in [0.717, 1.165) is 30.4 Å². The molecule has 2 aromatic rings. The zero-order chi connectivity index (χ0) is 20.4. The van der Waals surface area contributed by atoms with Crippen LogP contribution < -0.4 is 14.8 Å². The second-order valence-electron chi connectivity index (χ2n) is 7.22. The lowest BCUT2D eigenvalue weighted by molar-refractivity contribution is 0.0227. The van der Waals surface area contributed by atoms with Crippen LogP contribution in [0.1, 0.15) is 55.1 Å². The van der Waals surface area contributed by atoms with Gasteiger partial charge in [-0.25, -0.2) is 8.42 Å². The van der Waals surface area contributed by atoms with E-state index in [0.29, 0.717) is 17.7 Å². The van der Waals surface area contributed by atoms with Crippen LogP contribution >= 0.6 is 0 Å². The quantitative estimate of drug-likeness (QED) is 0.768. The molecule has 2 N–H and O–H groups in total. The van der Waals surface area contributed by atoms with Crippen LogP contribution in [0.2, 0.25) is 0 Å². The molecule has 0 aromatic heterocycles. The molecular formula is C21H26N2O4S. The molecule has 1 aliphatic rings. The standard InChI is InChI=1S/C21H26N2O4S/c1-4-21(5-2)14-18(17-11-6-7-12-19(17)27-21)22-20(24)15-9-8-10-16(13-15)23-28(3,25)26/h6-13,18,23H,4-5,14H2,1-3H3,(H,22,24). The van der Waals surface area contributed by atoms with Gasteiger partial charge in [-0.1, -0.05) is 38.1 Å². The Bertz CT molecular complexity index is 968. The first kappa shape index (κ1) is 20.2. The van der Waals surface area contributed by atoms with Crippen LogP contribution in [0, 0.1) is 0 Å². The van der Waals surface area contributed by atoms with Crippen LogP contribution in [0.4, 0.5) is 5.69 Å². The summed E-state index contributed by atoms with van der Waals surface area (Å²) in [6.07, 6.45) is 3.45. The predicted octanol–water partition coefficient (Wildman–Crippen LogP) is 3.87. The highest BCUT2D eigenvalue weighted by Crippen LogP contribution is 2.42. The second-order valence-corrected chi connectivity index (χ2v) is 8.96. The minimum Gasteiger partial charge on any atom is -0.487 e. The van der Waals surface area contributed by atoms with Gasteiger partial charge >= 0.3 is 0 Å². The van der Waals surface area contributed by atoms with Gasteiger partial charge in [0.05, 0.1) is 12.3 Å². The second kappa shape index (κ2) is 7.83. The molecule has 0 saturated carbocycles. The van der Waals surface area contributed by atoms with Gasteiger partial charge in [-0.3, -0.25) is 9.52 Å². The molecule has 3 rings (SSSR count). The number of hydrogen-bond donors (Lipinski definition) is 2. The number of benzene rings is 2. The van der Waals surface area contributed by atoms with Gasteiger partial charge in [-0.15, -0.1) is 0 Å². The smallest absolute Gasteiger partial charge is 0.251 e. The molecule has 1 unspecified atom stereocenters. The van der Waals surface area contributed by atoms with E-state index in [1.807, 2.05) is 24.3 Å². The highest BCUT2D eigenvalue weighted by atomic mass is 32.2. The number of fused-ring (bicyclic) bond motifs is 1. The van der Waals surface area contributed by atoms with E-state index in [1.54, 1.807) is 18.2 Å². The van der Waals surface area contributed by atoms with Crippen molar-refractivity contribution < 1.29 is 17.9 Å². The maximum absolute atomic E-state index is 12.9. The number of nitrogens with one attached hydrogen (secondary N) is 2. The molecule has 0 saturated heterocycles. The highest BCUT2D eigenvalue weighted by molar-refractivity contribution is 7.92. The molecular weight excluding hydrogens is 376 g/mol. The number of hydrogen-bond acceptors (Lipinski definition) is 4. The van der Waals surface area contributed by atoms with Crippen LogP contribution in [0.25, 0.3) is 0 Å². The molecule has 7 heteroatoms. The molecule has 1 aliphatic heterocycles. The Balaban J connectivity index is 1.86. The fourth-order valence-corrected chi connectivity index (χ4v) is 4.16. The maximum Gasteiger partial charge on any atom is 0.251 e. The fourth-order valence-electron chi connectivity index (χ4n) is 3.61. The van der Waals surface area contributed by atoms with Crippen LogP contribution in [-0.2, 0) is 10.0 Å². The maximum atomic E-state index is 12.9. The molecule has 1 atom stereocenters. The number of sulfonamides is 1. The van der Waals surface area contributed by atoms with Crippen LogP contribution in [0.3, 0.4) is 0 Å². The Kier molecular flexibility index (Phi) is 5.65. The van der Waals surface area contributed by atoms with Gasteiger partial charge in [-0.05, 0) is 37.1 Å². The minimum absolute atomic E-state index is 0.177. The van der Waals surface area contributed by atoms with Gasteiger partial charge in [-0.2, -0.15) is 0 Å². The van der Waals surface area contributed by atoms with Gasteiger partial charge in [0.2, 0.25) is 10.0 Å². The summed E-state index contributed by atoms with van der Waals surface area (Å²) in [6, 6.07) is 14.1. The zero-order valence-electron chi connectivity index (χ0n) is 16.4. The fraction of sp³-hybridized carbons (Fsp3) is 0.381. The monoisotopic (exact) mass is 402 g/mol. The summed E-state index contributed by atoms with van der Waals surface area (Å²) >= 11 is 0. The molecule has 0 spiro atoms. The van der Waals surface area contributed by atoms with Crippen molar-refractivity contribution >= 4 is 21.6 Å². The number of anilines is 1. The van der Waals surface area contributed by atoms with Crippen molar-refractivity contribution in [1.29, 1.82) is 0 Å².